The molecule has 19 heavy (non-hydrogen) atoms. The van der Waals surface area contributed by atoms with Crippen molar-refractivity contribution in [1.29, 1.82) is 0 Å². The fourth-order valence-electron chi connectivity index (χ4n) is 2.00. The summed E-state index contributed by atoms with van der Waals surface area (Å²) in [5, 5.41) is 3.18. The first-order valence-corrected chi connectivity index (χ1v) is 6.88. The van der Waals surface area contributed by atoms with Gasteiger partial charge in [0.1, 0.15) is 5.15 Å². The van der Waals surface area contributed by atoms with Gasteiger partial charge in [0.15, 0.2) is 17.3 Å². The Morgan fingerprint density at radius 2 is 2.00 bits per heavy atom. The lowest BCUT2D eigenvalue weighted by molar-refractivity contribution is 0.174. The van der Waals surface area contributed by atoms with Crippen LogP contribution < -0.4 is 9.47 Å². The molecule has 94 valence electrons. The number of hydrogen-bond acceptors (Lipinski definition) is 5. The van der Waals surface area contributed by atoms with E-state index in [1.807, 2.05) is 29.6 Å². The lowest BCUT2D eigenvalue weighted by Crippen LogP contribution is -1.92. The van der Waals surface area contributed by atoms with E-state index in [4.69, 9.17) is 21.1 Å². The molecule has 0 bridgehead atoms. The van der Waals surface area contributed by atoms with Crippen molar-refractivity contribution in [2.45, 2.75) is 0 Å². The topological polar surface area (TPSA) is 44.2 Å². The molecule has 0 N–H and O–H groups in total. The number of halogens is 1. The SMILES string of the molecule is Clc1nc(-c2cccs2)nc2cc3c(cc12)OCO3. The Bertz CT molecular complexity index is 774. The first kappa shape index (κ1) is 11.0. The highest BCUT2D eigenvalue weighted by atomic mass is 35.5. The number of aromatic nitrogens is 2. The number of ether oxygens (including phenoxy) is 2. The normalized spacial score (nSPS) is 13.1. The van der Waals surface area contributed by atoms with Gasteiger partial charge in [-0.2, -0.15) is 0 Å². The highest BCUT2D eigenvalue weighted by Gasteiger charge is 2.17. The molecule has 4 nitrogen and oxygen atoms in total. The molecule has 0 fully saturated rings. The number of hydrogen-bond donors (Lipinski definition) is 0. The first-order valence-electron chi connectivity index (χ1n) is 5.62. The molecule has 1 aromatic carbocycles. The lowest BCUT2D eigenvalue weighted by atomic mass is 10.2. The van der Waals surface area contributed by atoms with Gasteiger partial charge in [0.25, 0.3) is 0 Å². The smallest absolute Gasteiger partial charge is 0.231 e. The van der Waals surface area contributed by atoms with Crippen LogP contribution in [0.1, 0.15) is 0 Å². The van der Waals surface area contributed by atoms with Crippen LogP contribution in [0.2, 0.25) is 5.15 Å². The van der Waals surface area contributed by atoms with E-state index >= 15 is 0 Å². The van der Waals surface area contributed by atoms with E-state index in [0.29, 0.717) is 22.5 Å². The maximum atomic E-state index is 6.24. The van der Waals surface area contributed by atoms with Crippen LogP contribution in [0.3, 0.4) is 0 Å². The van der Waals surface area contributed by atoms with Gasteiger partial charge in [-0.1, -0.05) is 17.7 Å². The van der Waals surface area contributed by atoms with Gasteiger partial charge in [-0.3, -0.25) is 0 Å². The summed E-state index contributed by atoms with van der Waals surface area (Å²) in [7, 11) is 0. The minimum atomic E-state index is 0.231. The van der Waals surface area contributed by atoms with Gasteiger partial charge < -0.3 is 9.47 Å². The Kier molecular flexibility index (Phi) is 2.36. The minimum absolute atomic E-state index is 0.231. The third kappa shape index (κ3) is 1.74. The average molecular weight is 291 g/mol. The fourth-order valence-corrected chi connectivity index (χ4v) is 2.89. The van der Waals surface area contributed by atoms with Gasteiger partial charge in [0.2, 0.25) is 6.79 Å². The fraction of sp³-hybridized carbons (Fsp3) is 0.0769. The van der Waals surface area contributed by atoms with Gasteiger partial charge in [0, 0.05) is 11.5 Å². The molecule has 0 radical (unpaired) electrons. The Hall–Kier alpha value is -1.85. The average Bonchev–Trinajstić information content (AvgIpc) is 3.07. The van der Waals surface area contributed by atoms with Crippen molar-refractivity contribution in [1.82, 2.24) is 9.97 Å². The third-order valence-electron chi connectivity index (χ3n) is 2.89. The molecular weight excluding hydrogens is 284 g/mol. The second kappa shape index (κ2) is 4.08. The zero-order chi connectivity index (χ0) is 12.8. The molecule has 2 aromatic heterocycles. The first-order chi connectivity index (χ1) is 9.31. The summed E-state index contributed by atoms with van der Waals surface area (Å²) in [4.78, 5) is 9.86. The van der Waals surface area contributed by atoms with Crippen LogP contribution in [0.25, 0.3) is 21.6 Å². The van der Waals surface area contributed by atoms with Crippen LogP contribution in [0.5, 0.6) is 11.5 Å². The molecule has 3 aromatic rings. The van der Waals surface area contributed by atoms with E-state index in [0.717, 1.165) is 15.8 Å². The van der Waals surface area contributed by atoms with Crippen molar-refractivity contribution < 1.29 is 9.47 Å². The monoisotopic (exact) mass is 290 g/mol. The summed E-state index contributed by atoms with van der Waals surface area (Å²) in [5.74, 6) is 2.01. The largest absolute Gasteiger partial charge is 0.454 e. The molecule has 0 atom stereocenters. The van der Waals surface area contributed by atoms with Gasteiger partial charge in [-0.15, -0.1) is 11.3 Å². The summed E-state index contributed by atoms with van der Waals surface area (Å²) >= 11 is 7.82. The molecule has 0 spiro atoms. The molecular formula is C13H7ClN2O2S. The number of fused-ring (bicyclic) bond motifs is 2. The zero-order valence-electron chi connectivity index (χ0n) is 9.59. The Labute approximate surface area is 117 Å². The lowest BCUT2D eigenvalue weighted by Gasteiger charge is -2.04. The predicted molar refractivity (Wildman–Crippen MR) is 74.0 cm³/mol. The molecule has 4 rings (SSSR count). The molecule has 1 aliphatic heterocycles. The van der Waals surface area contributed by atoms with E-state index in [1.54, 1.807) is 11.3 Å². The van der Waals surface area contributed by atoms with Crippen LogP contribution in [-0.4, -0.2) is 16.8 Å². The minimum Gasteiger partial charge on any atom is -0.454 e. The molecule has 0 amide bonds. The summed E-state index contributed by atoms with van der Waals surface area (Å²) in [6, 6.07) is 7.58. The van der Waals surface area contributed by atoms with Crippen LogP contribution in [-0.2, 0) is 0 Å². The molecule has 1 aliphatic rings. The molecule has 0 aliphatic carbocycles. The molecule has 0 saturated heterocycles. The van der Waals surface area contributed by atoms with Crippen LogP contribution in [0.4, 0.5) is 0 Å². The maximum Gasteiger partial charge on any atom is 0.231 e. The van der Waals surface area contributed by atoms with E-state index in [-0.39, 0.29) is 6.79 Å². The number of benzene rings is 1. The van der Waals surface area contributed by atoms with Gasteiger partial charge in [-0.05, 0) is 17.5 Å². The van der Waals surface area contributed by atoms with Crippen molar-refractivity contribution in [2.75, 3.05) is 6.79 Å². The molecule has 0 unspecified atom stereocenters. The summed E-state index contributed by atoms with van der Waals surface area (Å²) in [6.45, 7) is 0.231. The maximum absolute atomic E-state index is 6.24. The van der Waals surface area contributed by atoms with Gasteiger partial charge in [-0.25, -0.2) is 9.97 Å². The van der Waals surface area contributed by atoms with E-state index in [9.17, 15) is 0 Å². The van der Waals surface area contributed by atoms with Crippen LogP contribution in [0.15, 0.2) is 29.6 Å². The third-order valence-corrected chi connectivity index (χ3v) is 4.04. The van der Waals surface area contributed by atoms with Crippen LogP contribution >= 0.6 is 22.9 Å². The Balaban J connectivity index is 1.98. The quantitative estimate of drug-likeness (QED) is 0.640. The van der Waals surface area contributed by atoms with Crippen molar-refractivity contribution >= 4 is 33.8 Å². The number of thiophene rings is 1. The van der Waals surface area contributed by atoms with Crippen molar-refractivity contribution in [2.24, 2.45) is 0 Å². The van der Waals surface area contributed by atoms with Crippen LogP contribution in [0, 0.1) is 0 Å². The molecule has 6 heteroatoms. The summed E-state index contributed by atoms with van der Waals surface area (Å²) in [5.41, 5.74) is 0.757. The second-order valence-electron chi connectivity index (χ2n) is 4.04. The molecule has 3 heterocycles. The van der Waals surface area contributed by atoms with Crippen molar-refractivity contribution in [3.8, 4) is 22.2 Å². The summed E-state index contributed by atoms with van der Waals surface area (Å²) in [6.07, 6.45) is 0. The molecule has 0 saturated carbocycles. The van der Waals surface area contributed by atoms with E-state index in [2.05, 4.69) is 9.97 Å². The van der Waals surface area contributed by atoms with Crippen molar-refractivity contribution in [3.63, 3.8) is 0 Å². The Morgan fingerprint density at radius 1 is 1.16 bits per heavy atom. The number of nitrogens with zero attached hydrogens (tertiary/aromatic N) is 2. The zero-order valence-corrected chi connectivity index (χ0v) is 11.2. The van der Waals surface area contributed by atoms with E-state index in [1.165, 1.54) is 0 Å². The van der Waals surface area contributed by atoms with E-state index < -0.39 is 0 Å². The van der Waals surface area contributed by atoms with Gasteiger partial charge >= 0.3 is 0 Å². The summed E-state index contributed by atoms with van der Waals surface area (Å²) < 4.78 is 10.7. The highest BCUT2D eigenvalue weighted by Crippen LogP contribution is 2.38. The van der Waals surface area contributed by atoms with Crippen molar-refractivity contribution in [3.05, 3.63) is 34.8 Å². The van der Waals surface area contributed by atoms with Gasteiger partial charge in [0.05, 0.1) is 10.4 Å². The number of rotatable bonds is 1. The highest BCUT2D eigenvalue weighted by molar-refractivity contribution is 7.13. The second-order valence-corrected chi connectivity index (χ2v) is 5.34. The Morgan fingerprint density at radius 3 is 2.79 bits per heavy atom. The predicted octanol–water partition coefficient (Wildman–Crippen LogP) is 3.74. The standard InChI is InChI=1S/C13H7ClN2O2S/c14-12-7-4-9-10(18-6-17-9)5-8(7)15-13(16-12)11-2-1-3-19-11/h1-5H,6H2.